The average Bonchev–Trinajstić information content (AvgIpc) is 2.44. The van der Waals surface area contributed by atoms with Gasteiger partial charge in [0.1, 0.15) is 5.75 Å². The summed E-state index contributed by atoms with van der Waals surface area (Å²) < 4.78 is 0. The Hall–Kier alpha value is -1.85. The third kappa shape index (κ3) is 3.74. The van der Waals surface area contributed by atoms with Crippen molar-refractivity contribution in [3.05, 3.63) is 34.4 Å². The Balaban J connectivity index is 2.57. The van der Waals surface area contributed by atoms with Crippen LogP contribution in [0.5, 0.6) is 5.75 Å². The summed E-state index contributed by atoms with van der Waals surface area (Å²) in [5.41, 5.74) is 14.0. The number of rotatable bonds is 2. The maximum Gasteiger partial charge on any atom is 0.335 e. The van der Waals surface area contributed by atoms with Crippen molar-refractivity contribution in [1.29, 1.82) is 0 Å². The molecule has 0 heterocycles. The van der Waals surface area contributed by atoms with Crippen molar-refractivity contribution in [2.24, 2.45) is 11.5 Å². The summed E-state index contributed by atoms with van der Waals surface area (Å²) in [7, 11) is 0. The molecule has 0 radical (unpaired) electrons. The minimum Gasteiger partial charge on any atom is -0.507 e. The van der Waals surface area contributed by atoms with E-state index >= 15 is 0 Å². The quantitative estimate of drug-likeness (QED) is 0.670. The van der Waals surface area contributed by atoms with Crippen LogP contribution in [0.3, 0.4) is 0 Å². The normalized spacial score (nSPS) is 24.0. The number of phenolic OH excluding ortho intramolecular Hbond substituents is 1. The standard InChI is InChI=1S/C18H26N2O3/c1-18(2,3)13-9-12(17(22)23)8-11(16(13)21)7-10-5-4-6-14(19)15(10)20/h7-9,14-15,21H,4-6,19-20H2,1-3H3,(H,22,23). The Morgan fingerprint density at radius 2 is 1.96 bits per heavy atom. The summed E-state index contributed by atoms with van der Waals surface area (Å²) in [4.78, 5) is 11.4. The van der Waals surface area contributed by atoms with Gasteiger partial charge in [-0.05, 0) is 36.8 Å². The number of aromatic hydroxyl groups is 1. The van der Waals surface area contributed by atoms with Gasteiger partial charge >= 0.3 is 5.97 Å². The van der Waals surface area contributed by atoms with Gasteiger partial charge in [-0.15, -0.1) is 0 Å². The molecule has 0 bridgehead atoms. The number of carboxylic acids is 1. The number of phenols is 1. The van der Waals surface area contributed by atoms with E-state index in [1.54, 1.807) is 6.08 Å². The fraction of sp³-hybridized carbons (Fsp3) is 0.500. The Labute approximate surface area is 137 Å². The number of benzene rings is 1. The highest BCUT2D eigenvalue weighted by Gasteiger charge is 2.25. The first kappa shape index (κ1) is 17.5. The van der Waals surface area contributed by atoms with Crippen LogP contribution in [0.1, 0.15) is 61.5 Å². The second-order valence-corrected chi connectivity index (χ2v) is 7.32. The lowest BCUT2D eigenvalue weighted by Gasteiger charge is -2.28. The van der Waals surface area contributed by atoms with Crippen molar-refractivity contribution in [3.8, 4) is 5.75 Å². The molecule has 1 aliphatic carbocycles. The Bertz CT molecular complexity index is 644. The number of nitrogens with two attached hydrogens (primary N) is 2. The maximum absolute atomic E-state index is 11.4. The number of hydrogen-bond acceptors (Lipinski definition) is 4. The number of aromatic carboxylic acids is 1. The molecule has 126 valence electrons. The molecule has 2 unspecified atom stereocenters. The van der Waals surface area contributed by atoms with Crippen molar-refractivity contribution >= 4 is 12.0 Å². The Kier molecular flexibility index (Phi) is 4.82. The van der Waals surface area contributed by atoms with E-state index in [0.29, 0.717) is 11.1 Å². The predicted molar refractivity (Wildman–Crippen MR) is 91.5 cm³/mol. The van der Waals surface area contributed by atoms with Crippen LogP contribution in [0.4, 0.5) is 0 Å². The smallest absolute Gasteiger partial charge is 0.335 e. The molecule has 0 saturated heterocycles. The largest absolute Gasteiger partial charge is 0.507 e. The SMILES string of the molecule is CC(C)(C)c1cc(C(=O)O)cc(C=C2CCCC(N)C2N)c1O. The van der Waals surface area contributed by atoms with Crippen LogP contribution in [0.2, 0.25) is 0 Å². The zero-order valence-corrected chi connectivity index (χ0v) is 14.0. The van der Waals surface area contributed by atoms with E-state index in [4.69, 9.17) is 11.5 Å². The molecule has 1 aromatic carbocycles. The van der Waals surface area contributed by atoms with E-state index in [1.807, 2.05) is 20.8 Å². The van der Waals surface area contributed by atoms with Gasteiger partial charge in [-0.25, -0.2) is 4.79 Å². The summed E-state index contributed by atoms with van der Waals surface area (Å²) in [6, 6.07) is 2.68. The third-order valence-corrected chi connectivity index (χ3v) is 4.43. The minimum absolute atomic E-state index is 0.0955. The fourth-order valence-corrected chi connectivity index (χ4v) is 2.99. The first-order chi connectivity index (χ1) is 10.6. The third-order valence-electron chi connectivity index (χ3n) is 4.43. The van der Waals surface area contributed by atoms with Gasteiger partial charge in [0.2, 0.25) is 0 Å². The lowest BCUT2D eigenvalue weighted by atomic mass is 9.82. The van der Waals surface area contributed by atoms with E-state index in [0.717, 1.165) is 24.8 Å². The van der Waals surface area contributed by atoms with Gasteiger partial charge in [0, 0.05) is 23.2 Å². The topological polar surface area (TPSA) is 110 Å². The van der Waals surface area contributed by atoms with Gasteiger partial charge < -0.3 is 21.7 Å². The first-order valence-corrected chi connectivity index (χ1v) is 7.93. The second-order valence-electron chi connectivity index (χ2n) is 7.32. The van der Waals surface area contributed by atoms with Crippen molar-refractivity contribution in [1.82, 2.24) is 0 Å². The Morgan fingerprint density at radius 3 is 2.52 bits per heavy atom. The molecule has 1 aliphatic rings. The van der Waals surface area contributed by atoms with Gasteiger partial charge in [0.05, 0.1) is 5.56 Å². The van der Waals surface area contributed by atoms with Gasteiger partial charge in [0.25, 0.3) is 0 Å². The molecule has 1 fully saturated rings. The molecule has 0 spiro atoms. The van der Waals surface area contributed by atoms with Crippen LogP contribution in [-0.2, 0) is 5.41 Å². The molecule has 0 aliphatic heterocycles. The van der Waals surface area contributed by atoms with Gasteiger partial charge in [-0.3, -0.25) is 0 Å². The van der Waals surface area contributed by atoms with Crippen LogP contribution in [0.15, 0.2) is 17.7 Å². The summed E-state index contributed by atoms with van der Waals surface area (Å²) in [5, 5.41) is 19.9. The zero-order valence-electron chi connectivity index (χ0n) is 14.0. The molecule has 0 aromatic heterocycles. The van der Waals surface area contributed by atoms with Crippen LogP contribution < -0.4 is 11.5 Å². The average molecular weight is 318 g/mol. The highest BCUT2D eigenvalue weighted by Crippen LogP contribution is 2.36. The maximum atomic E-state index is 11.4. The first-order valence-electron chi connectivity index (χ1n) is 7.93. The molecule has 0 amide bonds. The van der Waals surface area contributed by atoms with Crippen molar-refractivity contribution in [2.45, 2.75) is 57.5 Å². The lowest BCUT2D eigenvalue weighted by molar-refractivity contribution is 0.0696. The zero-order chi connectivity index (χ0) is 17.4. The highest BCUT2D eigenvalue weighted by atomic mass is 16.4. The van der Waals surface area contributed by atoms with Crippen LogP contribution in [0, 0.1) is 0 Å². The molecule has 1 aromatic rings. The summed E-state index contributed by atoms with van der Waals surface area (Å²) in [6.45, 7) is 5.81. The molecule has 5 nitrogen and oxygen atoms in total. The van der Waals surface area contributed by atoms with E-state index in [9.17, 15) is 15.0 Å². The molecule has 2 rings (SSSR count). The summed E-state index contributed by atoms with van der Waals surface area (Å²) in [6.07, 6.45) is 4.45. The fourth-order valence-electron chi connectivity index (χ4n) is 2.99. The molecule has 2 atom stereocenters. The minimum atomic E-state index is -1.01. The molecular formula is C18H26N2O3. The lowest BCUT2D eigenvalue weighted by Crippen LogP contribution is -2.45. The van der Waals surface area contributed by atoms with E-state index in [-0.39, 0.29) is 28.8 Å². The molecule has 23 heavy (non-hydrogen) atoms. The molecule has 6 N–H and O–H groups in total. The van der Waals surface area contributed by atoms with Gasteiger partial charge in [-0.1, -0.05) is 32.4 Å². The van der Waals surface area contributed by atoms with Gasteiger partial charge in [0.15, 0.2) is 0 Å². The number of carbonyl (C=O) groups is 1. The molecule has 1 saturated carbocycles. The number of carboxylic acid groups (broad SMARTS) is 1. The van der Waals surface area contributed by atoms with Crippen LogP contribution >= 0.6 is 0 Å². The van der Waals surface area contributed by atoms with Gasteiger partial charge in [-0.2, -0.15) is 0 Å². The van der Waals surface area contributed by atoms with Crippen molar-refractivity contribution in [3.63, 3.8) is 0 Å². The predicted octanol–water partition coefficient (Wildman–Crippen LogP) is 2.61. The highest BCUT2D eigenvalue weighted by molar-refractivity contribution is 5.89. The second kappa shape index (κ2) is 6.34. The summed E-state index contributed by atoms with van der Waals surface area (Å²) in [5.74, 6) is -0.902. The van der Waals surface area contributed by atoms with E-state index < -0.39 is 5.97 Å². The van der Waals surface area contributed by atoms with Crippen molar-refractivity contribution in [2.75, 3.05) is 0 Å². The van der Waals surface area contributed by atoms with Crippen LogP contribution in [-0.4, -0.2) is 28.3 Å². The Morgan fingerprint density at radius 1 is 1.30 bits per heavy atom. The van der Waals surface area contributed by atoms with E-state index in [2.05, 4.69) is 0 Å². The number of hydrogen-bond donors (Lipinski definition) is 4. The summed E-state index contributed by atoms with van der Waals surface area (Å²) >= 11 is 0. The molecule has 5 heteroatoms. The van der Waals surface area contributed by atoms with Crippen LogP contribution in [0.25, 0.3) is 6.08 Å². The van der Waals surface area contributed by atoms with Crippen molar-refractivity contribution < 1.29 is 15.0 Å². The van der Waals surface area contributed by atoms with E-state index in [1.165, 1.54) is 12.1 Å². The monoisotopic (exact) mass is 318 g/mol. The molecular weight excluding hydrogens is 292 g/mol.